The number of nitro groups is 1. The quantitative estimate of drug-likeness (QED) is 0.515. The molecule has 0 aliphatic heterocycles. The number of amides is 1. The van der Waals surface area contributed by atoms with Crippen molar-refractivity contribution < 1.29 is 9.72 Å². The van der Waals surface area contributed by atoms with Crippen molar-refractivity contribution in [2.24, 2.45) is 0 Å². The van der Waals surface area contributed by atoms with Crippen LogP contribution in [0.15, 0.2) is 53.9 Å². The molecule has 0 fully saturated rings. The van der Waals surface area contributed by atoms with Crippen molar-refractivity contribution in [3.63, 3.8) is 0 Å². The molecule has 0 saturated heterocycles. The van der Waals surface area contributed by atoms with Crippen LogP contribution < -0.4 is 5.32 Å². The molecule has 0 spiro atoms. The lowest BCUT2D eigenvalue weighted by atomic mass is 10.1. The first-order chi connectivity index (χ1) is 12.5. The maximum atomic E-state index is 12.2. The van der Waals surface area contributed by atoms with Crippen molar-refractivity contribution in [1.82, 2.24) is 4.98 Å². The van der Waals surface area contributed by atoms with Crippen molar-refractivity contribution in [2.75, 3.05) is 5.32 Å². The van der Waals surface area contributed by atoms with Crippen molar-refractivity contribution in [1.29, 1.82) is 0 Å². The van der Waals surface area contributed by atoms with Gasteiger partial charge in [-0.25, -0.2) is 4.98 Å². The average Bonchev–Trinajstić information content (AvgIpc) is 3.10. The SMILES string of the molecule is CCc1ccc(NC(=O)Cc2nc(-c3ccc([N+](=O)[O-])cc3)cs2)cc1. The molecular formula is C19H17N3O3S. The molecule has 1 aromatic heterocycles. The number of non-ortho nitro benzene ring substituents is 1. The lowest BCUT2D eigenvalue weighted by molar-refractivity contribution is -0.384. The molecule has 1 N–H and O–H groups in total. The second kappa shape index (κ2) is 7.88. The molecule has 3 aromatic rings. The number of aryl methyl sites for hydroxylation is 1. The Hall–Kier alpha value is -3.06. The number of thiazole rings is 1. The van der Waals surface area contributed by atoms with Crippen LogP contribution in [-0.4, -0.2) is 15.8 Å². The predicted octanol–water partition coefficient (Wildman–Crippen LogP) is 4.46. The molecular weight excluding hydrogens is 350 g/mol. The van der Waals surface area contributed by atoms with Crippen molar-refractivity contribution in [3.8, 4) is 11.3 Å². The van der Waals surface area contributed by atoms with Gasteiger partial charge >= 0.3 is 0 Å². The van der Waals surface area contributed by atoms with E-state index in [-0.39, 0.29) is 18.0 Å². The summed E-state index contributed by atoms with van der Waals surface area (Å²) in [5, 5.41) is 16.1. The fraction of sp³-hybridized carbons (Fsp3) is 0.158. The molecule has 0 atom stereocenters. The molecule has 1 amide bonds. The molecule has 6 nitrogen and oxygen atoms in total. The largest absolute Gasteiger partial charge is 0.326 e. The smallest absolute Gasteiger partial charge is 0.269 e. The molecule has 2 aromatic carbocycles. The standard InChI is InChI=1S/C19H17N3O3S/c1-2-13-3-7-15(8-4-13)20-18(23)11-19-21-17(12-26-19)14-5-9-16(10-6-14)22(24)25/h3-10,12H,2,11H2,1H3,(H,20,23). The number of carbonyl (C=O) groups excluding carboxylic acids is 1. The molecule has 26 heavy (non-hydrogen) atoms. The van der Waals surface area contributed by atoms with E-state index in [0.29, 0.717) is 10.7 Å². The number of aromatic nitrogens is 1. The van der Waals surface area contributed by atoms with Crippen LogP contribution in [0.4, 0.5) is 11.4 Å². The third-order valence-electron chi connectivity index (χ3n) is 3.88. The molecule has 0 aliphatic carbocycles. The van der Waals surface area contributed by atoms with E-state index in [0.717, 1.165) is 17.7 Å². The molecule has 0 aliphatic rings. The summed E-state index contributed by atoms with van der Waals surface area (Å²) < 4.78 is 0. The van der Waals surface area contributed by atoms with Crippen molar-refractivity contribution >= 4 is 28.6 Å². The Labute approximate surface area is 154 Å². The molecule has 0 bridgehead atoms. The third-order valence-corrected chi connectivity index (χ3v) is 4.73. The van der Waals surface area contributed by atoms with E-state index >= 15 is 0 Å². The Morgan fingerprint density at radius 3 is 2.46 bits per heavy atom. The van der Waals surface area contributed by atoms with Crippen molar-refractivity contribution in [2.45, 2.75) is 19.8 Å². The summed E-state index contributed by atoms with van der Waals surface area (Å²) in [6.45, 7) is 2.08. The Morgan fingerprint density at radius 1 is 1.15 bits per heavy atom. The van der Waals surface area contributed by atoms with Crippen LogP contribution in [-0.2, 0) is 17.6 Å². The first-order valence-corrected chi connectivity index (χ1v) is 9.01. The van der Waals surface area contributed by atoms with Gasteiger partial charge in [-0.15, -0.1) is 11.3 Å². The highest BCUT2D eigenvalue weighted by Crippen LogP contribution is 2.24. The Kier molecular flexibility index (Phi) is 5.38. The summed E-state index contributed by atoms with van der Waals surface area (Å²) in [4.78, 5) is 26.9. The minimum atomic E-state index is -0.437. The molecule has 7 heteroatoms. The number of anilines is 1. The zero-order valence-electron chi connectivity index (χ0n) is 14.1. The van der Waals surface area contributed by atoms with Crippen molar-refractivity contribution in [3.05, 3.63) is 74.6 Å². The molecule has 0 radical (unpaired) electrons. The Balaban J connectivity index is 1.63. The highest BCUT2D eigenvalue weighted by atomic mass is 32.1. The lowest BCUT2D eigenvalue weighted by Gasteiger charge is -2.04. The Bertz CT molecular complexity index is 918. The van der Waals surface area contributed by atoms with Gasteiger partial charge in [0.1, 0.15) is 5.01 Å². The van der Waals surface area contributed by atoms with Gasteiger partial charge in [0.15, 0.2) is 0 Å². The summed E-state index contributed by atoms with van der Waals surface area (Å²) in [5.41, 5.74) is 3.52. The number of benzene rings is 2. The van der Waals surface area contributed by atoms with E-state index in [2.05, 4.69) is 17.2 Å². The van der Waals surface area contributed by atoms with E-state index in [1.165, 1.54) is 29.0 Å². The predicted molar refractivity (Wildman–Crippen MR) is 102 cm³/mol. The minimum absolute atomic E-state index is 0.0395. The second-order valence-electron chi connectivity index (χ2n) is 5.71. The summed E-state index contributed by atoms with van der Waals surface area (Å²) in [7, 11) is 0. The topological polar surface area (TPSA) is 85.1 Å². The molecule has 0 unspecified atom stereocenters. The first kappa shape index (κ1) is 17.8. The van der Waals surface area contributed by atoms with Gasteiger partial charge in [0.2, 0.25) is 5.91 Å². The van der Waals surface area contributed by atoms with Crippen LogP contribution in [0.3, 0.4) is 0 Å². The summed E-state index contributed by atoms with van der Waals surface area (Å²) >= 11 is 1.39. The van der Waals surface area contributed by atoms with Crippen LogP contribution in [0.5, 0.6) is 0 Å². The normalized spacial score (nSPS) is 10.5. The van der Waals surface area contributed by atoms with Gasteiger partial charge in [0, 0.05) is 28.8 Å². The van der Waals surface area contributed by atoms with Crippen LogP contribution in [0.25, 0.3) is 11.3 Å². The maximum absolute atomic E-state index is 12.2. The molecule has 0 saturated carbocycles. The zero-order chi connectivity index (χ0) is 18.5. The number of nitrogens with zero attached hydrogens (tertiary/aromatic N) is 2. The summed E-state index contributed by atoms with van der Waals surface area (Å²) in [6, 6.07) is 14.0. The van der Waals surface area contributed by atoms with E-state index in [9.17, 15) is 14.9 Å². The molecule has 132 valence electrons. The summed E-state index contributed by atoms with van der Waals surface area (Å²) in [5.74, 6) is -0.126. The number of hydrogen-bond acceptors (Lipinski definition) is 5. The molecule has 3 rings (SSSR count). The van der Waals surface area contributed by atoms with Crippen LogP contribution in [0.1, 0.15) is 17.5 Å². The fourth-order valence-corrected chi connectivity index (χ4v) is 3.25. The fourth-order valence-electron chi connectivity index (χ4n) is 2.44. The number of rotatable bonds is 6. The van der Waals surface area contributed by atoms with Gasteiger partial charge < -0.3 is 5.32 Å². The number of hydrogen-bond donors (Lipinski definition) is 1. The second-order valence-corrected chi connectivity index (χ2v) is 6.65. The first-order valence-electron chi connectivity index (χ1n) is 8.13. The number of carbonyl (C=O) groups is 1. The van der Waals surface area contributed by atoms with E-state index < -0.39 is 4.92 Å². The van der Waals surface area contributed by atoms with Gasteiger partial charge in [-0.05, 0) is 36.2 Å². The maximum Gasteiger partial charge on any atom is 0.269 e. The highest BCUT2D eigenvalue weighted by molar-refractivity contribution is 7.10. The number of nitro benzene ring substituents is 1. The van der Waals surface area contributed by atoms with E-state index in [1.807, 2.05) is 29.6 Å². The van der Waals surface area contributed by atoms with Crippen LogP contribution in [0, 0.1) is 10.1 Å². The molecule has 1 heterocycles. The van der Waals surface area contributed by atoms with E-state index in [4.69, 9.17) is 0 Å². The average molecular weight is 367 g/mol. The zero-order valence-corrected chi connectivity index (χ0v) is 15.0. The Morgan fingerprint density at radius 2 is 1.85 bits per heavy atom. The lowest BCUT2D eigenvalue weighted by Crippen LogP contribution is -2.14. The minimum Gasteiger partial charge on any atom is -0.326 e. The van der Waals surface area contributed by atoms with E-state index in [1.54, 1.807) is 12.1 Å². The van der Waals surface area contributed by atoms with Gasteiger partial charge in [0.05, 0.1) is 17.0 Å². The van der Waals surface area contributed by atoms with Gasteiger partial charge in [-0.1, -0.05) is 19.1 Å². The van der Waals surface area contributed by atoms with Gasteiger partial charge in [-0.3, -0.25) is 14.9 Å². The summed E-state index contributed by atoms with van der Waals surface area (Å²) in [6.07, 6.45) is 1.14. The third kappa shape index (κ3) is 4.31. The van der Waals surface area contributed by atoms with Gasteiger partial charge in [-0.2, -0.15) is 0 Å². The monoisotopic (exact) mass is 367 g/mol. The number of nitrogens with one attached hydrogen (secondary N) is 1. The van der Waals surface area contributed by atoms with Crippen LogP contribution in [0.2, 0.25) is 0 Å². The highest BCUT2D eigenvalue weighted by Gasteiger charge is 2.11. The van der Waals surface area contributed by atoms with Gasteiger partial charge in [0.25, 0.3) is 5.69 Å². The van der Waals surface area contributed by atoms with Crippen LogP contribution >= 0.6 is 11.3 Å².